The first kappa shape index (κ1) is 20.3. The van der Waals surface area contributed by atoms with Crippen molar-refractivity contribution >= 4 is 20.1 Å². The molecule has 4 atom stereocenters. The fraction of sp³-hybridized carbons (Fsp3) is 0.750. The molecule has 1 aliphatic rings. The van der Waals surface area contributed by atoms with Crippen molar-refractivity contribution in [1.82, 2.24) is 5.32 Å². The molecule has 0 saturated carbocycles. The van der Waals surface area contributed by atoms with Crippen LogP contribution in [0.4, 0.5) is 0 Å². The molecule has 0 aromatic carbocycles. The molecule has 156 valence electrons. The average Bonchev–Trinajstić information content (AvgIpc) is 2.67. The Labute approximate surface area is 164 Å². The van der Waals surface area contributed by atoms with Crippen molar-refractivity contribution in [3.63, 3.8) is 0 Å². The van der Waals surface area contributed by atoms with Crippen LogP contribution < -0.4 is 15.9 Å². The van der Waals surface area contributed by atoms with Gasteiger partial charge >= 0.3 is 14.2 Å². The Morgan fingerprint density at radius 1 is 1.48 bits per heavy atom. The number of carbonyl (C=O) groups excluding carboxylic acids is 2. The summed E-state index contributed by atoms with van der Waals surface area (Å²) in [5, 5.41) is 9.50. The maximum Gasteiger partial charge on any atom is 0.521 e. The number of carbonyl (C=O) groups is 2. The van der Waals surface area contributed by atoms with Crippen molar-refractivity contribution in [3.05, 3.63) is 11.6 Å². The first-order chi connectivity index (χ1) is 13.9. The van der Waals surface area contributed by atoms with Crippen LogP contribution in [-0.2, 0) is 28.3 Å². The highest BCUT2D eigenvalue weighted by Crippen LogP contribution is 2.24. The van der Waals surface area contributed by atoms with E-state index < -0.39 is 45.2 Å². The van der Waals surface area contributed by atoms with Crippen molar-refractivity contribution in [2.24, 2.45) is 5.73 Å². The van der Waals surface area contributed by atoms with Crippen LogP contribution in [0.25, 0.3) is 0 Å². The van der Waals surface area contributed by atoms with E-state index in [0.29, 0.717) is 5.57 Å². The van der Waals surface area contributed by atoms with Gasteiger partial charge in [-0.05, 0) is 36.8 Å². The first-order valence-corrected chi connectivity index (χ1v) is 9.56. The van der Waals surface area contributed by atoms with E-state index >= 15 is 0 Å². The third-order valence-electron chi connectivity index (χ3n) is 3.80. The second-order valence-electron chi connectivity index (χ2n) is 5.62. The lowest BCUT2D eigenvalue weighted by Gasteiger charge is -2.36. The van der Waals surface area contributed by atoms with E-state index in [4.69, 9.17) is 34.0 Å². The summed E-state index contributed by atoms with van der Waals surface area (Å²) in [5.74, 6) is -1.56. The van der Waals surface area contributed by atoms with Crippen LogP contribution in [0.3, 0.4) is 0 Å². The van der Waals surface area contributed by atoms with Crippen molar-refractivity contribution in [2.45, 2.75) is 71.2 Å². The zero-order valence-electron chi connectivity index (χ0n) is 18.5. The maximum absolute atomic E-state index is 12.0. The Kier molecular flexibility index (Phi) is 10.3. The maximum atomic E-state index is 12.0. The molecule has 0 heterocycles. The Balaban J connectivity index is 0.00000150. The number of rotatable bonds is 8. The van der Waals surface area contributed by atoms with Gasteiger partial charge in [-0.3, -0.25) is 4.79 Å². The van der Waals surface area contributed by atoms with Crippen LogP contribution in [0.15, 0.2) is 11.6 Å². The minimum absolute atomic E-state index is 0.0952. The number of amides is 1. The van der Waals surface area contributed by atoms with Gasteiger partial charge in [0, 0.05) is 27.3 Å². The summed E-state index contributed by atoms with van der Waals surface area (Å²) in [6.07, 6.45) is 2.45. The molecular weight excluding hydrogens is 381 g/mol. The number of ether oxygens (including phenoxy) is 2. The highest BCUT2D eigenvalue weighted by molar-refractivity contribution is 7.30. The van der Waals surface area contributed by atoms with Gasteiger partial charge in [0.15, 0.2) is 0 Å². The van der Waals surface area contributed by atoms with E-state index in [-0.39, 0.29) is 19.1 Å². The van der Waals surface area contributed by atoms with E-state index in [1.807, 2.05) is 13.8 Å². The topological polar surface area (TPSA) is 160 Å². The number of hydrogen-bond donors (Lipinski definition) is 3. The van der Waals surface area contributed by atoms with Crippen molar-refractivity contribution < 1.29 is 42.6 Å². The molecule has 0 fully saturated rings. The summed E-state index contributed by atoms with van der Waals surface area (Å²) < 4.78 is 44.3. The molecular formula is C16H29N2O8P. The molecule has 1 rings (SSSR count). The Bertz CT molecular complexity index is 614. The van der Waals surface area contributed by atoms with Gasteiger partial charge in [0.2, 0.25) is 5.91 Å². The van der Waals surface area contributed by atoms with Crippen molar-refractivity contribution in [3.8, 4) is 0 Å². The summed E-state index contributed by atoms with van der Waals surface area (Å²) in [7, 11) is -3.04. The van der Waals surface area contributed by atoms with Gasteiger partial charge in [0.1, 0.15) is 0 Å². The molecule has 27 heavy (non-hydrogen) atoms. The number of nitrogens with two attached hydrogens (primary N) is 1. The molecule has 11 heteroatoms. The quantitative estimate of drug-likeness (QED) is 0.172. The predicted octanol–water partition coefficient (Wildman–Crippen LogP) is 0.779. The zero-order valence-corrected chi connectivity index (χ0v) is 16.4. The monoisotopic (exact) mass is 413 g/mol. The molecule has 4 N–H and O–H groups in total. The third-order valence-corrected chi connectivity index (χ3v) is 3.93. The fourth-order valence-corrected chi connectivity index (χ4v) is 2.54. The average molecular weight is 413 g/mol. The standard InChI is InChI=1S/C16H28N2O4.HO4P/c1-5-12(6-2)22-14-9-11(16(20)21-7-3)8-13(17)15(14)18-10(4)19;1-4-5(2)3/h9,12-15H,5-8,17H2,1-4H3,(H,18,19);1H/t13-,14+,15-;/m1./s1/i4+1D3,10+1;. The molecule has 0 radical (unpaired) electrons. The van der Waals surface area contributed by atoms with E-state index in [2.05, 4.69) is 9.99 Å². The third kappa shape index (κ3) is 9.90. The molecule has 1 amide bonds. The molecule has 1 aliphatic carbocycles. The van der Waals surface area contributed by atoms with Gasteiger partial charge in [-0.25, -0.2) is 10.1 Å². The van der Waals surface area contributed by atoms with Gasteiger partial charge in [-0.15, -0.1) is 0 Å². The highest BCUT2D eigenvalue weighted by Gasteiger charge is 2.35. The lowest BCUT2D eigenvalue weighted by atomic mass is 9.88. The number of nitrogens with one attached hydrogen (secondary N) is 1. The predicted molar refractivity (Wildman–Crippen MR) is 95.5 cm³/mol. The lowest BCUT2D eigenvalue weighted by Crippen LogP contribution is -2.57. The van der Waals surface area contributed by atoms with Crippen LogP contribution in [0.5, 0.6) is 0 Å². The lowest BCUT2D eigenvalue weighted by molar-refractivity contribution is -0.244. The zero-order chi connectivity index (χ0) is 23.5. The van der Waals surface area contributed by atoms with Crippen molar-refractivity contribution in [1.29, 1.82) is 0 Å². The van der Waals surface area contributed by atoms with Crippen LogP contribution in [0.2, 0.25) is 0 Å². The van der Waals surface area contributed by atoms with Gasteiger partial charge in [0.25, 0.3) is 0 Å². The Morgan fingerprint density at radius 3 is 2.52 bits per heavy atom. The summed E-state index contributed by atoms with van der Waals surface area (Å²) in [4.78, 5) is 32.8. The van der Waals surface area contributed by atoms with Gasteiger partial charge in [0.05, 0.1) is 24.9 Å². The van der Waals surface area contributed by atoms with E-state index in [0.717, 1.165) is 12.8 Å². The number of hydrogen-bond acceptors (Lipinski definition) is 9. The first-order valence-electron chi connectivity index (χ1n) is 9.96. The number of esters is 1. The van der Waals surface area contributed by atoms with Gasteiger partial charge in [-0.2, -0.15) is 0 Å². The Hall–Kier alpha value is -1.42. The molecule has 0 aliphatic heterocycles. The van der Waals surface area contributed by atoms with Crippen LogP contribution in [-0.4, -0.2) is 48.0 Å². The van der Waals surface area contributed by atoms with Crippen LogP contribution in [0, 0.1) is 0 Å². The molecule has 0 bridgehead atoms. The summed E-state index contributed by atoms with van der Waals surface area (Å²) in [6.45, 7) is 3.09. The molecule has 0 saturated heterocycles. The molecule has 0 spiro atoms. The van der Waals surface area contributed by atoms with E-state index in [1.165, 1.54) is 0 Å². The second kappa shape index (κ2) is 13.7. The van der Waals surface area contributed by atoms with Gasteiger partial charge in [-0.1, -0.05) is 13.8 Å². The summed E-state index contributed by atoms with van der Waals surface area (Å²) in [5.41, 5.74) is 6.50. The van der Waals surface area contributed by atoms with E-state index in [9.17, 15) is 9.59 Å². The normalized spacial score (nSPS) is 24.4. The van der Waals surface area contributed by atoms with Crippen LogP contribution >= 0.6 is 8.25 Å². The van der Waals surface area contributed by atoms with Crippen LogP contribution in [0.1, 0.15) is 51.0 Å². The molecule has 0 aromatic heterocycles. The Morgan fingerprint density at radius 2 is 2.07 bits per heavy atom. The van der Waals surface area contributed by atoms with Crippen molar-refractivity contribution in [2.75, 3.05) is 6.61 Å². The molecule has 10 nitrogen and oxygen atoms in total. The minimum Gasteiger partial charge on any atom is -0.565 e. The molecule has 1 unspecified atom stereocenters. The summed E-state index contributed by atoms with van der Waals surface area (Å²) >= 11 is 0. The highest BCUT2D eigenvalue weighted by atomic mass is 31.1. The second-order valence-corrected chi connectivity index (χ2v) is 6.23. The largest absolute Gasteiger partial charge is 0.565 e. The SMILES string of the molecule is O=[P+]([O-])OO.[2H][13C]([2H])([2H])[13C](=O)N[C@@H]1[C@H](N)CC(C(=O)OCC)=C[C@@H]1OC(CC)CC. The fourth-order valence-electron chi connectivity index (χ4n) is 2.54. The smallest absolute Gasteiger partial charge is 0.521 e. The summed E-state index contributed by atoms with van der Waals surface area (Å²) in [6, 6.07) is -1.39. The van der Waals surface area contributed by atoms with E-state index in [1.54, 1.807) is 13.0 Å². The molecule has 0 aromatic rings. The van der Waals surface area contributed by atoms with Gasteiger partial charge < -0.3 is 25.4 Å². The minimum atomic E-state index is -3.04.